The molecule has 0 aliphatic carbocycles. The molecule has 0 aromatic heterocycles. The van der Waals surface area contributed by atoms with Gasteiger partial charge in [0.15, 0.2) is 0 Å². The minimum absolute atomic E-state index is 0.0527. The minimum atomic E-state index is -0.0527. The molecule has 22 heavy (non-hydrogen) atoms. The molecule has 0 aliphatic rings. The third-order valence-corrected chi connectivity index (χ3v) is 3.33. The SMILES string of the molecule is N#Cc1cccc(OCCCNC(CO)c2ccccc2)c1. The fraction of sp³-hybridized carbons (Fsp3) is 0.278. The fourth-order valence-electron chi connectivity index (χ4n) is 2.17. The Labute approximate surface area is 131 Å². The largest absolute Gasteiger partial charge is 0.494 e. The number of ether oxygens (including phenoxy) is 1. The molecule has 0 spiro atoms. The molecule has 4 nitrogen and oxygen atoms in total. The average Bonchev–Trinajstić information content (AvgIpc) is 2.59. The van der Waals surface area contributed by atoms with E-state index in [9.17, 15) is 5.11 Å². The second-order valence-electron chi connectivity index (χ2n) is 4.94. The predicted molar refractivity (Wildman–Crippen MR) is 85.5 cm³/mol. The van der Waals surface area contributed by atoms with Gasteiger partial charge in [-0.05, 0) is 36.7 Å². The highest BCUT2D eigenvalue weighted by molar-refractivity contribution is 5.36. The highest BCUT2D eigenvalue weighted by Crippen LogP contribution is 2.13. The van der Waals surface area contributed by atoms with E-state index in [1.807, 2.05) is 42.5 Å². The Hall–Kier alpha value is -2.35. The van der Waals surface area contributed by atoms with Crippen molar-refractivity contribution in [2.45, 2.75) is 12.5 Å². The van der Waals surface area contributed by atoms with Gasteiger partial charge in [0.1, 0.15) is 5.75 Å². The van der Waals surface area contributed by atoms with E-state index in [0.29, 0.717) is 17.9 Å². The summed E-state index contributed by atoms with van der Waals surface area (Å²) in [6, 6.07) is 19.0. The van der Waals surface area contributed by atoms with Crippen LogP contribution in [0, 0.1) is 11.3 Å². The first-order chi connectivity index (χ1) is 10.8. The van der Waals surface area contributed by atoms with Gasteiger partial charge in [-0.25, -0.2) is 0 Å². The van der Waals surface area contributed by atoms with Gasteiger partial charge in [-0.3, -0.25) is 0 Å². The van der Waals surface area contributed by atoms with Crippen LogP contribution in [-0.4, -0.2) is 24.9 Å². The zero-order valence-electron chi connectivity index (χ0n) is 12.4. The van der Waals surface area contributed by atoms with E-state index < -0.39 is 0 Å². The molecule has 2 rings (SSSR count). The van der Waals surface area contributed by atoms with Crippen LogP contribution in [-0.2, 0) is 0 Å². The highest BCUT2D eigenvalue weighted by atomic mass is 16.5. The van der Waals surface area contributed by atoms with Gasteiger partial charge in [0.05, 0.1) is 30.9 Å². The van der Waals surface area contributed by atoms with E-state index in [1.165, 1.54) is 0 Å². The number of rotatable bonds is 8. The summed E-state index contributed by atoms with van der Waals surface area (Å²) >= 11 is 0. The molecule has 2 N–H and O–H groups in total. The van der Waals surface area contributed by atoms with Gasteiger partial charge in [-0.15, -0.1) is 0 Å². The Morgan fingerprint density at radius 2 is 1.95 bits per heavy atom. The summed E-state index contributed by atoms with van der Waals surface area (Å²) in [5.74, 6) is 0.709. The zero-order valence-corrected chi connectivity index (χ0v) is 12.4. The molecular weight excluding hydrogens is 276 g/mol. The van der Waals surface area contributed by atoms with Gasteiger partial charge < -0.3 is 15.2 Å². The molecule has 0 fully saturated rings. The number of aliphatic hydroxyl groups is 1. The van der Waals surface area contributed by atoms with E-state index in [4.69, 9.17) is 10.00 Å². The van der Waals surface area contributed by atoms with Crippen LogP contribution >= 0.6 is 0 Å². The molecule has 0 saturated carbocycles. The maximum absolute atomic E-state index is 9.45. The van der Waals surface area contributed by atoms with Crippen LogP contribution in [0.4, 0.5) is 0 Å². The van der Waals surface area contributed by atoms with Crippen LogP contribution in [0.3, 0.4) is 0 Å². The molecule has 2 aromatic rings. The van der Waals surface area contributed by atoms with Crippen LogP contribution in [0.15, 0.2) is 54.6 Å². The summed E-state index contributed by atoms with van der Waals surface area (Å²) < 4.78 is 5.62. The Balaban J connectivity index is 1.71. The lowest BCUT2D eigenvalue weighted by atomic mass is 10.1. The highest BCUT2D eigenvalue weighted by Gasteiger charge is 2.08. The molecular formula is C18H20N2O2. The smallest absolute Gasteiger partial charge is 0.120 e. The number of aliphatic hydroxyl groups excluding tert-OH is 1. The molecule has 0 radical (unpaired) electrons. The van der Waals surface area contributed by atoms with Crippen molar-refractivity contribution < 1.29 is 9.84 Å². The van der Waals surface area contributed by atoms with Crippen LogP contribution in [0.25, 0.3) is 0 Å². The lowest BCUT2D eigenvalue weighted by Crippen LogP contribution is -2.26. The first-order valence-corrected chi connectivity index (χ1v) is 7.35. The average molecular weight is 296 g/mol. The Morgan fingerprint density at radius 1 is 1.14 bits per heavy atom. The molecule has 0 bridgehead atoms. The zero-order chi connectivity index (χ0) is 15.6. The summed E-state index contributed by atoms with van der Waals surface area (Å²) in [6.07, 6.45) is 0.820. The number of nitrogens with zero attached hydrogens (tertiary/aromatic N) is 1. The van der Waals surface area contributed by atoms with Gasteiger partial charge in [0, 0.05) is 0 Å². The molecule has 0 saturated heterocycles. The van der Waals surface area contributed by atoms with Crippen molar-refractivity contribution in [2.24, 2.45) is 0 Å². The maximum atomic E-state index is 9.45. The number of nitriles is 1. The minimum Gasteiger partial charge on any atom is -0.494 e. The molecule has 2 aromatic carbocycles. The molecule has 1 atom stereocenters. The van der Waals surface area contributed by atoms with Crippen LogP contribution in [0.2, 0.25) is 0 Å². The maximum Gasteiger partial charge on any atom is 0.120 e. The van der Waals surface area contributed by atoms with Gasteiger partial charge >= 0.3 is 0 Å². The summed E-state index contributed by atoms with van der Waals surface area (Å²) in [7, 11) is 0. The topological polar surface area (TPSA) is 65.3 Å². The number of nitrogens with one attached hydrogen (secondary N) is 1. The number of hydrogen-bond donors (Lipinski definition) is 2. The Bertz CT molecular complexity index is 608. The van der Waals surface area contributed by atoms with E-state index in [2.05, 4.69) is 11.4 Å². The second kappa shape index (κ2) is 8.83. The number of benzene rings is 2. The van der Waals surface area contributed by atoms with Gasteiger partial charge in [0.2, 0.25) is 0 Å². The third kappa shape index (κ3) is 4.88. The third-order valence-electron chi connectivity index (χ3n) is 3.33. The van der Waals surface area contributed by atoms with Crippen molar-refractivity contribution in [2.75, 3.05) is 19.8 Å². The Kier molecular flexibility index (Phi) is 6.43. The molecule has 114 valence electrons. The molecule has 0 heterocycles. The lowest BCUT2D eigenvalue weighted by Gasteiger charge is -2.16. The van der Waals surface area contributed by atoms with Crippen molar-refractivity contribution in [1.29, 1.82) is 5.26 Å². The normalized spacial score (nSPS) is 11.6. The van der Waals surface area contributed by atoms with Crippen molar-refractivity contribution in [1.82, 2.24) is 5.32 Å². The quantitative estimate of drug-likeness (QED) is 0.735. The van der Waals surface area contributed by atoms with Crippen LogP contribution in [0.5, 0.6) is 5.75 Å². The monoisotopic (exact) mass is 296 g/mol. The van der Waals surface area contributed by atoms with E-state index in [1.54, 1.807) is 12.1 Å². The standard InChI is InChI=1S/C18H20N2O2/c19-13-15-6-4-9-17(12-15)22-11-5-10-20-18(14-21)16-7-2-1-3-8-16/h1-4,6-9,12,18,20-21H,5,10-11,14H2. The van der Waals surface area contributed by atoms with Crippen molar-refractivity contribution in [3.63, 3.8) is 0 Å². The number of hydrogen-bond acceptors (Lipinski definition) is 4. The van der Waals surface area contributed by atoms with E-state index in [0.717, 1.165) is 18.5 Å². The first-order valence-electron chi connectivity index (χ1n) is 7.35. The summed E-state index contributed by atoms with van der Waals surface area (Å²) in [6.45, 7) is 1.38. The molecule has 0 aliphatic heterocycles. The van der Waals surface area contributed by atoms with Crippen molar-refractivity contribution in [3.05, 3.63) is 65.7 Å². The second-order valence-corrected chi connectivity index (χ2v) is 4.94. The van der Waals surface area contributed by atoms with Crippen LogP contribution < -0.4 is 10.1 Å². The Morgan fingerprint density at radius 3 is 2.68 bits per heavy atom. The fourth-order valence-corrected chi connectivity index (χ4v) is 2.17. The lowest BCUT2D eigenvalue weighted by molar-refractivity contribution is 0.239. The van der Waals surface area contributed by atoms with Gasteiger partial charge in [-0.1, -0.05) is 36.4 Å². The molecule has 1 unspecified atom stereocenters. The van der Waals surface area contributed by atoms with E-state index >= 15 is 0 Å². The first kappa shape index (κ1) is 16.0. The van der Waals surface area contributed by atoms with Gasteiger partial charge in [-0.2, -0.15) is 5.26 Å². The summed E-state index contributed by atoms with van der Waals surface area (Å²) in [5.41, 5.74) is 1.67. The summed E-state index contributed by atoms with van der Waals surface area (Å²) in [4.78, 5) is 0. The van der Waals surface area contributed by atoms with Crippen molar-refractivity contribution >= 4 is 0 Å². The molecule has 4 heteroatoms. The molecule has 0 amide bonds. The predicted octanol–water partition coefficient (Wildman–Crippen LogP) is 2.65. The van der Waals surface area contributed by atoms with Crippen LogP contribution in [0.1, 0.15) is 23.6 Å². The summed E-state index contributed by atoms with van der Waals surface area (Å²) in [5, 5.41) is 21.6. The van der Waals surface area contributed by atoms with Gasteiger partial charge in [0.25, 0.3) is 0 Å². The van der Waals surface area contributed by atoms with E-state index in [-0.39, 0.29) is 12.6 Å². The van der Waals surface area contributed by atoms with Crippen molar-refractivity contribution in [3.8, 4) is 11.8 Å².